The van der Waals surface area contributed by atoms with Gasteiger partial charge in [0.2, 0.25) is 5.43 Å². The van der Waals surface area contributed by atoms with E-state index in [-0.39, 0.29) is 11.2 Å². The molecule has 3 rings (SSSR count). The van der Waals surface area contributed by atoms with Gasteiger partial charge in [-0.15, -0.1) is 0 Å². The summed E-state index contributed by atoms with van der Waals surface area (Å²) < 4.78 is 16.0. The Morgan fingerprint density at radius 3 is 2.59 bits per heavy atom. The summed E-state index contributed by atoms with van der Waals surface area (Å²) >= 11 is 0. The van der Waals surface area contributed by atoms with E-state index in [2.05, 4.69) is 0 Å². The largest absolute Gasteiger partial charge is 0.508 e. The van der Waals surface area contributed by atoms with Crippen molar-refractivity contribution in [3.63, 3.8) is 0 Å². The Bertz CT molecular complexity index is 895. The highest BCUT2D eigenvalue weighted by molar-refractivity contribution is 5.88. The molecule has 0 saturated carbocycles. The summed E-state index contributed by atoms with van der Waals surface area (Å²) in [5, 5.41) is 9.91. The van der Waals surface area contributed by atoms with Crippen molar-refractivity contribution in [1.82, 2.24) is 0 Å². The number of rotatable bonds is 3. The number of fused-ring (bicyclic) bond motifs is 1. The lowest BCUT2D eigenvalue weighted by atomic mass is 10.0. The summed E-state index contributed by atoms with van der Waals surface area (Å²) in [5.74, 6) is 1.00. The molecule has 1 heterocycles. The third-order valence-corrected chi connectivity index (χ3v) is 3.43. The number of hydrogen-bond acceptors (Lipinski definition) is 5. The Morgan fingerprint density at radius 1 is 1.09 bits per heavy atom. The van der Waals surface area contributed by atoms with Gasteiger partial charge in [-0.1, -0.05) is 12.1 Å². The molecule has 5 nitrogen and oxygen atoms in total. The number of phenols is 1. The van der Waals surface area contributed by atoms with Crippen molar-refractivity contribution in [2.75, 3.05) is 14.2 Å². The van der Waals surface area contributed by atoms with Crippen LogP contribution in [0.15, 0.2) is 51.9 Å². The lowest BCUT2D eigenvalue weighted by Gasteiger charge is -2.09. The second-order valence-corrected chi connectivity index (χ2v) is 4.73. The maximum Gasteiger partial charge on any atom is 0.204 e. The van der Waals surface area contributed by atoms with Crippen molar-refractivity contribution >= 4 is 11.0 Å². The molecule has 0 radical (unpaired) electrons. The Balaban J connectivity index is 2.32. The van der Waals surface area contributed by atoms with Crippen molar-refractivity contribution in [2.45, 2.75) is 0 Å². The zero-order valence-electron chi connectivity index (χ0n) is 12.1. The quantitative estimate of drug-likeness (QED) is 0.804. The molecule has 3 aromatic rings. The third kappa shape index (κ3) is 2.26. The lowest BCUT2D eigenvalue weighted by Crippen LogP contribution is -2.06. The van der Waals surface area contributed by atoms with Crippen LogP contribution in [0.4, 0.5) is 0 Å². The van der Waals surface area contributed by atoms with Gasteiger partial charge in [0.25, 0.3) is 0 Å². The number of benzene rings is 2. The second-order valence-electron chi connectivity index (χ2n) is 4.73. The molecule has 0 atom stereocenters. The predicted octanol–water partition coefficient (Wildman–Crippen LogP) is 3.18. The monoisotopic (exact) mass is 298 g/mol. The van der Waals surface area contributed by atoms with Crippen LogP contribution in [0.5, 0.6) is 17.2 Å². The molecule has 0 saturated heterocycles. The summed E-state index contributed by atoms with van der Waals surface area (Å²) in [5.41, 5.74) is 1.08. The molecular weight excluding hydrogens is 284 g/mol. The van der Waals surface area contributed by atoms with Crippen molar-refractivity contribution < 1.29 is 19.0 Å². The fourth-order valence-electron chi connectivity index (χ4n) is 2.34. The standard InChI is InChI=1S/C17H14O5/c1-20-12-7-14(21-2)16-15(8-12)22-9-13(17(16)19)10-4-3-5-11(18)6-10/h3-9,18H,1-2H3. The number of aromatic hydroxyl groups is 1. The summed E-state index contributed by atoms with van der Waals surface area (Å²) in [7, 11) is 3.01. The van der Waals surface area contributed by atoms with E-state index < -0.39 is 0 Å². The molecule has 1 aromatic heterocycles. The summed E-state index contributed by atoms with van der Waals surface area (Å²) in [6.45, 7) is 0. The molecular formula is C17H14O5. The van der Waals surface area contributed by atoms with Crippen LogP contribution in [-0.2, 0) is 0 Å². The van der Waals surface area contributed by atoms with E-state index in [1.807, 2.05) is 0 Å². The van der Waals surface area contributed by atoms with Crippen LogP contribution in [0.3, 0.4) is 0 Å². The molecule has 0 aliphatic rings. The molecule has 0 unspecified atom stereocenters. The van der Waals surface area contributed by atoms with E-state index in [4.69, 9.17) is 13.9 Å². The molecule has 0 bridgehead atoms. The SMILES string of the molecule is COc1cc(OC)c2c(=O)c(-c3cccc(O)c3)coc2c1. The van der Waals surface area contributed by atoms with Gasteiger partial charge in [0.05, 0.1) is 19.8 Å². The van der Waals surface area contributed by atoms with E-state index in [1.54, 1.807) is 24.3 Å². The highest BCUT2D eigenvalue weighted by Crippen LogP contribution is 2.31. The maximum absolute atomic E-state index is 12.8. The van der Waals surface area contributed by atoms with Crippen LogP contribution < -0.4 is 14.9 Å². The van der Waals surface area contributed by atoms with Crippen molar-refractivity contribution in [1.29, 1.82) is 0 Å². The first-order valence-corrected chi connectivity index (χ1v) is 6.61. The van der Waals surface area contributed by atoms with Crippen molar-refractivity contribution in [2.24, 2.45) is 0 Å². The zero-order chi connectivity index (χ0) is 15.7. The van der Waals surface area contributed by atoms with Crippen LogP contribution in [-0.4, -0.2) is 19.3 Å². The molecule has 112 valence electrons. The third-order valence-electron chi connectivity index (χ3n) is 3.43. The molecule has 0 fully saturated rings. The minimum atomic E-state index is -0.230. The molecule has 5 heteroatoms. The van der Waals surface area contributed by atoms with Gasteiger partial charge in [-0.2, -0.15) is 0 Å². The van der Waals surface area contributed by atoms with E-state index >= 15 is 0 Å². The minimum Gasteiger partial charge on any atom is -0.508 e. The Hall–Kier alpha value is -2.95. The molecule has 0 spiro atoms. The van der Waals surface area contributed by atoms with E-state index in [1.165, 1.54) is 32.6 Å². The fourth-order valence-corrected chi connectivity index (χ4v) is 2.34. The average molecular weight is 298 g/mol. The van der Waals surface area contributed by atoms with Crippen LogP contribution in [0.2, 0.25) is 0 Å². The predicted molar refractivity (Wildman–Crippen MR) is 82.7 cm³/mol. The van der Waals surface area contributed by atoms with E-state index in [9.17, 15) is 9.90 Å². The van der Waals surface area contributed by atoms with Gasteiger partial charge in [0.15, 0.2) is 0 Å². The van der Waals surface area contributed by atoms with Gasteiger partial charge >= 0.3 is 0 Å². The minimum absolute atomic E-state index is 0.0821. The van der Waals surface area contributed by atoms with Crippen LogP contribution in [0, 0.1) is 0 Å². The van der Waals surface area contributed by atoms with E-state index in [0.717, 1.165) is 0 Å². The maximum atomic E-state index is 12.8. The van der Waals surface area contributed by atoms with Crippen molar-refractivity contribution in [3.05, 3.63) is 52.9 Å². The fraction of sp³-hybridized carbons (Fsp3) is 0.118. The summed E-state index contributed by atoms with van der Waals surface area (Å²) in [4.78, 5) is 12.8. The van der Waals surface area contributed by atoms with Crippen molar-refractivity contribution in [3.8, 4) is 28.4 Å². The Kier molecular flexibility index (Phi) is 3.47. The summed E-state index contributed by atoms with van der Waals surface area (Å²) in [6.07, 6.45) is 1.37. The molecule has 2 aromatic carbocycles. The Labute approximate surface area is 126 Å². The van der Waals surface area contributed by atoms with Crippen LogP contribution in [0.1, 0.15) is 0 Å². The highest BCUT2D eigenvalue weighted by Gasteiger charge is 2.15. The first-order valence-electron chi connectivity index (χ1n) is 6.61. The summed E-state index contributed by atoms with van der Waals surface area (Å²) in [6, 6.07) is 9.70. The van der Waals surface area contributed by atoms with Gasteiger partial charge in [-0.25, -0.2) is 0 Å². The molecule has 1 N–H and O–H groups in total. The topological polar surface area (TPSA) is 68.9 Å². The van der Waals surface area contributed by atoms with Gasteiger partial charge in [-0.3, -0.25) is 4.79 Å². The van der Waals surface area contributed by atoms with Crippen LogP contribution >= 0.6 is 0 Å². The normalized spacial score (nSPS) is 10.6. The highest BCUT2D eigenvalue weighted by atomic mass is 16.5. The van der Waals surface area contributed by atoms with Crippen LogP contribution in [0.25, 0.3) is 22.1 Å². The van der Waals surface area contributed by atoms with E-state index in [0.29, 0.717) is 33.6 Å². The van der Waals surface area contributed by atoms with Gasteiger partial charge in [0, 0.05) is 12.1 Å². The first kappa shape index (κ1) is 14.0. The zero-order valence-corrected chi connectivity index (χ0v) is 12.1. The smallest absolute Gasteiger partial charge is 0.204 e. The molecule has 0 aliphatic heterocycles. The molecule has 0 amide bonds. The number of methoxy groups -OCH3 is 2. The Morgan fingerprint density at radius 2 is 1.91 bits per heavy atom. The van der Waals surface area contributed by atoms with Gasteiger partial charge in [0.1, 0.15) is 34.5 Å². The van der Waals surface area contributed by atoms with Gasteiger partial charge < -0.3 is 19.0 Å². The average Bonchev–Trinajstić information content (AvgIpc) is 2.54. The lowest BCUT2D eigenvalue weighted by molar-refractivity contribution is 0.396. The number of hydrogen-bond donors (Lipinski definition) is 1. The van der Waals surface area contributed by atoms with Gasteiger partial charge in [-0.05, 0) is 17.7 Å². The number of ether oxygens (including phenoxy) is 2. The molecule has 22 heavy (non-hydrogen) atoms. The first-order chi connectivity index (χ1) is 10.6. The number of phenolic OH excluding ortho intramolecular Hbond substituents is 1. The molecule has 0 aliphatic carbocycles. The second kappa shape index (κ2) is 5.44.